The Morgan fingerprint density at radius 3 is 2.32 bits per heavy atom. The van der Waals surface area contributed by atoms with Crippen LogP contribution in [0.1, 0.15) is 30.0 Å². The lowest BCUT2D eigenvalue weighted by Crippen LogP contribution is -2.22. The number of nitrogens with two attached hydrogens (primary N) is 1. The minimum absolute atomic E-state index is 0.112. The van der Waals surface area contributed by atoms with Crippen molar-refractivity contribution in [1.29, 1.82) is 16.2 Å². The molecule has 5 nitrogen and oxygen atoms in total. The van der Waals surface area contributed by atoms with Crippen molar-refractivity contribution in [2.45, 2.75) is 19.6 Å². The maximum atomic E-state index is 8.28. The van der Waals surface area contributed by atoms with Gasteiger partial charge in [0.2, 0.25) is 0 Å². The molecule has 2 rings (SSSR count). The van der Waals surface area contributed by atoms with Gasteiger partial charge < -0.3 is 4.74 Å². The molecule has 2 aromatic carbocycles. The van der Waals surface area contributed by atoms with Gasteiger partial charge in [-0.15, -0.1) is 0 Å². The van der Waals surface area contributed by atoms with E-state index in [0.717, 1.165) is 11.1 Å². The van der Waals surface area contributed by atoms with Gasteiger partial charge in [0, 0.05) is 17.5 Å². The fourth-order valence-corrected chi connectivity index (χ4v) is 2.27. The van der Waals surface area contributed by atoms with E-state index in [2.05, 4.69) is 0 Å². The monoisotopic (exact) mass is 334 g/mol. The summed E-state index contributed by atoms with van der Waals surface area (Å²) >= 11 is 0. The number of ether oxygens (including phenoxy) is 1. The average molecular weight is 334 g/mol. The molecule has 1 atom stereocenters. The topological polar surface area (TPSA) is 107 Å². The Hall–Kier alpha value is -3.05. The second-order valence-electron chi connectivity index (χ2n) is 5.59. The van der Waals surface area contributed by atoms with E-state index in [-0.39, 0.29) is 17.3 Å². The number of hydrogen-bond donors (Lipinski definition) is 4. The average Bonchev–Trinajstić information content (AvgIpc) is 2.61. The van der Waals surface area contributed by atoms with Crippen LogP contribution in [0.15, 0.2) is 60.7 Å². The highest BCUT2D eigenvalue weighted by Crippen LogP contribution is 2.12. The van der Waals surface area contributed by atoms with Crippen molar-refractivity contribution >= 4 is 23.4 Å². The third-order valence-corrected chi connectivity index (χ3v) is 3.43. The van der Waals surface area contributed by atoms with E-state index in [1.165, 1.54) is 0 Å². The Morgan fingerprint density at radius 1 is 1.00 bits per heavy atom. The van der Waals surface area contributed by atoms with Gasteiger partial charge >= 0.3 is 0 Å². The first-order valence-electron chi connectivity index (χ1n) is 7.97. The first-order valence-corrected chi connectivity index (χ1v) is 7.97. The summed E-state index contributed by atoms with van der Waals surface area (Å²) in [6.07, 6.45) is 3.54. The molecule has 5 N–H and O–H groups in total. The second-order valence-corrected chi connectivity index (χ2v) is 5.59. The Balaban J connectivity index is 2.07. The molecule has 0 aliphatic carbocycles. The lowest BCUT2D eigenvalue weighted by Gasteiger charge is -2.08. The largest absolute Gasteiger partial charge is 0.463 e. The van der Waals surface area contributed by atoms with Crippen molar-refractivity contribution in [1.82, 2.24) is 0 Å². The van der Waals surface area contributed by atoms with E-state index in [1.807, 2.05) is 66.7 Å². The molecule has 5 heteroatoms. The number of nitrogens with one attached hydrogen (secondary N) is 3. The van der Waals surface area contributed by atoms with E-state index in [9.17, 15) is 0 Å². The highest BCUT2D eigenvalue weighted by Gasteiger charge is 2.10. The molecule has 0 fully saturated rings. The predicted octanol–water partition coefficient (Wildman–Crippen LogP) is 3.82. The van der Waals surface area contributed by atoms with Crippen molar-refractivity contribution in [3.8, 4) is 0 Å². The minimum Gasteiger partial charge on any atom is -0.463 e. The first-order chi connectivity index (χ1) is 12.0. The van der Waals surface area contributed by atoms with Crippen LogP contribution in [0.25, 0.3) is 6.08 Å². The van der Waals surface area contributed by atoms with Crippen LogP contribution in [-0.2, 0) is 4.74 Å². The van der Waals surface area contributed by atoms with Crippen molar-refractivity contribution < 1.29 is 4.74 Å². The SMILES string of the molecule is CC(N)OC(=N)C/C=C/c1cccc(C(=N)C(=N)c2ccccc2)c1. The van der Waals surface area contributed by atoms with Crippen LogP contribution < -0.4 is 5.73 Å². The van der Waals surface area contributed by atoms with Crippen LogP contribution in [0.4, 0.5) is 0 Å². The third-order valence-electron chi connectivity index (χ3n) is 3.43. The molecule has 0 heterocycles. The van der Waals surface area contributed by atoms with E-state index >= 15 is 0 Å². The summed E-state index contributed by atoms with van der Waals surface area (Å²) in [5.74, 6) is 0.112. The Kier molecular flexibility index (Phi) is 6.37. The number of hydrogen-bond acceptors (Lipinski definition) is 5. The van der Waals surface area contributed by atoms with Crippen molar-refractivity contribution in [2.75, 3.05) is 0 Å². The summed E-state index contributed by atoms with van der Waals surface area (Å²) in [4.78, 5) is 0. The van der Waals surface area contributed by atoms with Crippen LogP contribution in [0, 0.1) is 16.2 Å². The second kappa shape index (κ2) is 8.70. The van der Waals surface area contributed by atoms with Crippen molar-refractivity contribution in [2.24, 2.45) is 5.73 Å². The smallest absolute Gasteiger partial charge is 0.186 e. The van der Waals surface area contributed by atoms with Gasteiger partial charge in [0.05, 0.1) is 11.4 Å². The van der Waals surface area contributed by atoms with E-state index < -0.39 is 6.23 Å². The van der Waals surface area contributed by atoms with Gasteiger partial charge in [0.25, 0.3) is 0 Å². The first kappa shape index (κ1) is 18.3. The summed E-state index contributed by atoms with van der Waals surface area (Å²) in [5, 5.41) is 24.1. The van der Waals surface area contributed by atoms with Crippen molar-refractivity contribution in [3.05, 3.63) is 77.4 Å². The molecule has 0 saturated heterocycles. The lowest BCUT2D eigenvalue weighted by molar-refractivity contribution is 0.209. The van der Waals surface area contributed by atoms with Crippen molar-refractivity contribution in [3.63, 3.8) is 0 Å². The fraction of sp³-hybridized carbons (Fsp3) is 0.150. The molecular weight excluding hydrogens is 312 g/mol. The molecule has 1 unspecified atom stereocenters. The summed E-state index contributed by atoms with van der Waals surface area (Å²) in [7, 11) is 0. The molecular formula is C20H22N4O. The van der Waals surface area contributed by atoms with Crippen LogP contribution in [-0.4, -0.2) is 23.5 Å². The van der Waals surface area contributed by atoms with Gasteiger partial charge in [0.15, 0.2) is 5.90 Å². The molecule has 0 aromatic heterocycles. The zero-order chi connectivity index (χ0) is 18.2. The standard InChI is InChI=1S/C20H22N4O/c1-14(21)25-18(22)12-6-8-15-7-5-11-17(13-15)20(24)19(23)16-9-3-2-4-10-16/h2-11,13-14,22-24H,12,21H2,1H3/b8-6+,22-18?,23-19?,24-20?. The molecule has 0 bridgehead atoms. The van der Waals surface area contributed by atoms with Gasteiger partial charge in [-0.1, -0.05) is 60.7 Å². The molecule has 0 amide bonds. The summed E-state index contributed by atoms with van der Waals surface area (Å²) < 4.78 is 5.08. The highest BCUT2D eigenvalue weighted by molar-refractivity contribution is 6.51. The van der Waals surface area contributed by atoms with Crippen LogP contribution in [0.3, 0.4) is 0 Å². The summed E-state index contributed by atoms with van der Waals surface area (Å²) in [6, 6.07) is 16.7. The normalized spacial score (nSPS) is 11.9. The molecule has 0 spiro atoms. The lowest BCUT2D eigenvalue weighted by atomic mass is 9.98. The third kappa shape index (κ3) is 5.51. The summed E-state index contributed by atoms with van der Waals surface area (Å²) in [5.41, 5.74) is 8.13. The van der Waals surface area contributed by atoms with Crippen LogP contribution >= 0.6 is 0 Å². The van der Waals surface area contributed by atoms with E-state index in [1.54, 1.807) is 6.92 Å². The van der Waals surface area contributed by atoms with Gasteiger partial charge in [-0.2, -0.15) is 0 Å². The molecule has 2 aromatic rings. The number of benzene rings is 2. The van der Waals surface area contributed by atoms with Crippen LogP contribution in [0.2, 0.25) is 0 Å². The zero-order valence-corrected chi connectivity index (χ0v) is 14.1. The van der Waals surface area contributed by atoms with Gasteiger partial charge in [0.1, 0.15) is 6.23 Å². The quantitative estimate of drug-likeness (QED) is 0.351. The Bertz CT molecular complexity index is 794. The maximum absolute atomic E-state index is 8.28. The van der Waals surface area contributed by atoms with Crippen LogP contribution in [0.5, 0.6) is 0 Å². The fourth-order valence-electron chi connectivity index (χ4n) is 2.27. The maximum Gasteiger partial charge on any atom is 0.186 e. The zero-order valence-electron chi connectivity index (χ0n) is 14.1. The van der Waals surface area contributed by atoms with E-state index in [0.29, 0.717) is 12.0 Å². The summed E-state index contributed by atoms with van der Waals surface area (Å²) in [6.45, 7) is 1.68. The van der Waals surface area contributed by atoms with Gasteiger partial charge in [-0.25, -0.2) is 0 Å². The van der Waals surface area contributed by atoms with E-state index in [4.69, 9.17) is 26.7 Å². The predicted molar refractivity (Wildman–Crippen MR) is 103 cm³/mol. The molecule has 128 valence electrons. The van der Waals surface area contributed by atoms with Gasteiger partial charge in [-0.3, -0.25) is 22.0 Å². The Labute approximate surface area is 147 Å². The Morgan fingerprint density at radius 2 is 1.64 bits per heavy atom. The molecule has 25 heavy (non-hydrogen) atoms. The van der Waals surface area contributed by atoms with Gasteiger partial charge in [-0.05, 0) is 18.6 Å². The highest BCUT2D eigenvalue weighted by atomic mass is 16.5. The minimum atomic E-state index is -0.492. The molecule has 0 aliphatic rings. The molecule has 0 radical (unpaired) electrons. The molecule has 0 aliphatic heterocycles. The molecule has 0 saturated carbocycles. The number of rotatable bonds is 7.